The number of nitrogens with one attached hydrogen (secondary N) is 2. The lowest BCUT2D eigenvalue weighted by Gasteiger charge is -2.14. The van der Waals surface area contributed by atoms with Crippen LogP contribution in [0.5, 0.6) is 0 Å². The summed E-state index contributed by atoms with van der Waals surface area (Å²) < 4.78 is 1.69. The van der Waals surface area contributed by atoms with Crippen molar-refractivity contribution in [1.82, 2.24) is 25.4 Å². The first kappa shape index (κ1) is 14.9. The molecule has 7 nitrogen and oxygen atoms in total. The molecule has 22 heavy (non-hydrogen) atoms. The topological polar surface area (TPSA) is 92.1 Å². The van der Waals surface area contributed by atoms with Gasteiger partial charge >= 0.3 is 0 Å². The summed E-state index contributed by atoms with van der Waals surface area (Å²) in [4.78, 5) is 17.0. The number of amides is 1. The maximum Gasteiger partial charge on any atom is 0.252 e. The fourth-order valence-corrected chi connectivity index (χ4v) is 3.00. The number of carbonyl (C=O) groups is 1. The van der Waals surface area contributed by atoms with Crippen molar-refractivity contribution in [2.75, 3.05) is 19.6 Å². The number of carbonyl (C=O) groups excluding carboxylic acids is 1. The number of aryl methyl sites for hydroxylation is 3. The van der Waals surface area contributed by atoms with E-state index in [0.717, 1.165) is 23.3 Å². The first-order chi connectivity index (χ1) is 10.5. The van der Waals surface area contributed by atoms with Crippen LogP contribution in [-0.4, -0.2) is 51.5 Å². The molecule has 118 valence electrons. The maximum atomic E-state index is 12.6. The first-order valence-corrected chi connectivity index (χ1v) is 7.45. The second-order valence-corrected chi connectivity index (χ2v) is 5.91. The molecule has 0 bridgehead atoms. The minimum absolute atomic E-state index is 0.0531. The molecule has 1 fully saturated rings. The molecule has 1 aliphatic heterocycles. The summed E-state index contributed by atoms with van der Waals surface area (Å²) >= 11 is 0. The van der Waals surface area contributed by atoms with Crippen LogP contribution in [-0.2, 0) is 7.05 Å². The van der Waals surface area contributed by atoms with Gasteiger partial charge in [-0.05, 0) is 19.9 Å². The number of aliphatic hydroxyl groups excluding tert-OH is 1. The fourth-order valence-electron chi connectivity index (χ4n) is 3.00. The highest BCUT2D eigenvalue weighted by Gasteiger charge is 2.26. The number of nitrogens with zero attached hydrogens (tertiary/aromatic N) is 3. The average Bonchev–Trinajstić information content (AvgIpc) is 3.00. The molecular weight excluding hydrogens is 282 g/mol. The van der Waals surface area contributed by atoms with E-state index >= 15 is 0 Å². The summed E-state index contributed by atoms with van der Waals surface area (Å²) in [5.74, 6) is -0.0944. The molecule has 1 aliphatic rings. The Hall–Kier alpha value is -1.99. The second kappa shape index (κ2) is 5.66. The Balaban J connectivity index is 1.87. The lowest BCUT2D eigenvalue weighted by atomic mass is 10.1. The van der Waals surface area contributed by atoms with E-state index in [-0.39, 0.29) is 11.8 Å². The molecule has 1 saturated heterocycles. The molecular formula is C15H21N5O2. The second-order valence-electron chi connectivity index (χ2n) is 5.91. The highest BCUT2D eigenvalue weighted by molar-refractivity contribution is 6.06. The van der Waals surface area contributed by atoms with Gasteiger partial charge in [0.05, 0.1) is 22.7 Å². The van der Waals surface area contributed by atoms with Crippen molar-refractivity contribution in [2.45, 2.75) is 20.0 Å². The molecule has 2 atom stereocenters. The van der Waals surface area contributed by atoms with Crippen LogP contribution < -0.4 is 10.6 Å². The van der Waals surface area contributed by atoms with Gasteiger partial charge in [-0.3, -0.25) is 9.48 Å². The first-order valence-electron chi connectivity index (χ1n) is 7.45. The zero-order chi connectivity index (χ0) is 15.9. The van der Waals surface area contributed by atoms with Gasteiger partial charge in [0.25, 0.3) is 5.91 Å². The van der Waals surface area contributed by atoms with E-state index in [1.54, 1.807) is 10.7 Å². The number of hydrogen-bond acceptors (Lipinski definition) is 5. The van der Waals surface area contributed by atoms with Crippen LogP contribution >= 0.6 is 0 Å². The minimum Gasteiger partial charge on any atom is -0.391 e. The van der Waals surface area contributed by atoms with Gasteiger partial charge < -0.3 is 15.7 Å². The molecule has 0 spiro atoms. The lowest BCUT2D eigenvalue weighted by molar-refractivity contribution is 0.0928. The van der Waals surface area contributed by atoms with E-state index in [1.807, 2.05) is 20.9 Å². The van der Waals surface area contributed by atoms with Gasteiger partial charge in [-0.2, -0.15) is 5.10 Å². The summed E-state index contributed by atoms with van der Waals surface area (Å²) in [6, 6.07) is 1.79. The molecule has 0 saturated carbocycles. The standard InChI is InChI=1S/C15H21N5O2/c1-8-4-11(13-9(2)19-20(3)14(13)18-8)15(22)17-6-10-5-16-7-12(10)21/h4,10,12,16,21H,5-7H2,1-3H3,(H,17,22). The summed E-state index contributed by atoms with van der Waals surface area (Å²) in [6.07, 6.45) is -0.403. The van der Waals surface area contributed by atoms with E-state index in [2.05, 4.69) is 20.7 Å². The van der Waals surface area contributed by atoms with Crippen molar-refractivity contribution < 1.29 is 9.90 Å². The highest BCUT2D eigenvalue weighted by Crippen LogP contribution is 2.21. The highest BCUT2D eigenvalue weighted by atomic mass is 16.3. The number of fused-ring (bicyclic) bond motifs is 1. The van der Waals surface area contributed by atoms with Crippen LogP contribution in [0.3, 0.4) is 0 Å². The van der Waals surface area contributed by atoms with Crippen molar-refractivity contribution in [3.63, 3.8) is 0 Å². The van der Waals surface area contributed by atoms with Gasteiger partial charge in [-0.1, -0.05) is 0 Å². The minimum atomic E-state index is -0.403. The zero-order valence-electron chi connectivity index (χ0n) is 13.1. The van der Waals surface area contributed by atoms with E-state index in [0.29, 0.717) is 24.3 Å². The lowest BCUT2D eigenvalue weighted by Crippen LogP contribution is -2.34. The number of rotatable bonds is 3. The molecule has 7 heteroatoms. The Morgan fingerprint density at radius 2 is 2.27 bits per heavy atom. The normalized spacial score (nSPS) is 21.5. The molecule has 0 radical (unpaired) electrons. The SMILES string of the molecule is Cc1cc(C(=O)NCC2CNCC2O)c2c(C)nn(C)c2n1. The number of aliphatic hydroxyl groups is 1. The van der Waals surface area contributed by atoms with Gasteiger partial charge in [0.2, 0.25) is 0 Å². The number of pyridine rings is 1. The molecule has 3 rings (SSSR count). The van der Waals surface area contributed by atoms with Crippen LogP contribution in [0.2, 0.25) is 0 Å². The van der Waals surface area contributed by atoms with Gasteiger partial charge in [-0.25, -0.2) is 4.98 Å². The van der Waals surface area contributed by atoms with Crippen LogP contribution in [0.4, 0.5) is 0 Å². The number of hydrogen-bond donors (Lipinski definition) is 3. The Morgan fingerprint density at radius 3 is 2.95 bits per heavy atom. The van der Waals surface area contributed by atoms with Crippen LogP contribution in [0.1, 0.15) is 21.7 Å². The van der Waals surface area contributed by atoms with Crippen molar-refractivity contribution in [3.05, 3.63) is 23.0 Å². The predicted molar refractivity (Wildman–Crippen MR) is 82.7 cm³/mol. The van der Waals surface area contributed by atoms with E-state index in [9.17, 15) is 9.90 Å². The maximum absolute atomic E-state index is 12.6. The largest absolute Gasteiger partial charge is 0.391 e. The Labute approximate surface area is 128 Å². The zero-order valence-corrected chi connectivity index (χ0v) is 13.1. The van der Waals surface area contributed by atoms with Crippen LogP contribution in [0.15, 0.2) is 6.07 Å². The molecule has 2 aromatic rings. The average molecular weight is 303 g/mol. The van der Waals surface area contributed by atoms with Crippen LogP contribution in [0, 0.1) is 19.8 Å². The molecule has 0 aromatic carbocycles. The third kappa shape index (κ3) is 2.57. The smallest absolute Gasteiger partial charge is 0.252 e. The molecule has 2 aromatic heterocycles. The van der Waals surface area contributed by atoms with Crippen LogP contribution in [0.25, 0.3) is 11.0 Å². The fraction of sp³-hybridized carbons (Fsp3) is 0.533. The molecule has 1 amide bonds. The van der Waals surface area contributed by atoms with Gasteiger partial charge in [0.15, 0.2) is 5.65 Å². The summed E-state index contributed by atoms with van der Waals surface area (Å²) in [5, 5.41) is 21.0. The van der Waals surface area contributed by atoms with Gasteiger partial charge in [-0.15, -0.1) is 0 Å². The van der Waals surface area contributed by atoms with E-state index in [4.69, 9.17) is 0 Å². The molecule has 3 heterocycles. The summed E-state index contributed by atoms with van der Waals surface area (Å²) in [7, 11) is 1.82. The predicted octanol–water partition coefficient (Wildman–Crippen LogP) is -0.105. The van der Waals surface area contributed by atoms with E-state index in [1.165, 1.54) is 0 Å². The molecule has 2 unspecified atom stereocenters. The third-order valence-corrected chi connectivity index (χ3v) is 4.17. The van der Waals surface area contributed by atoms with Gasteiger partial charge in [0, 0.05) is 38.3 Å². The monoisotopic (exact) mass is 303 g/mol. The van der Waals surface area contributed by atoms with Crippen molar-refractivity contribution >= 4 is 16.9 Å². The summed E-state index contributed by atoms with van der Waals surface area (Å²) in [5.41, 5.74) is 2.87. The van der Waals surface area contributed by atoms with Crippen molar-refractivity contribution in [3.8, 4) is 0 Å². The number of aromatic nitrogens is 3. The molecule has 0 aliphatic carbocycles. The summed E-state index contributed by atoms with van der Waals surface area (Å²) in [6.45, 7) is 5.50. The van der Waals surface area contributed by atoms with E-state index < -0.39 is 6.10 Å². The Kier molecular flexibility index (Phi) is 3.84. The Morgan fingerprint density at radius 1 is 1.50 bits per heavy atom. The Bertz CT molecular complexity index is 724. The van der Waals surface area contributed by atoms with Crippen molar-refractivity contribution in [2.24, 2.45) is 13.0 Å². The van der Waals surface area contributed by atoms with Crippen molar-refractivity contribution in [1.29, 1.82) is 0 Å². The number of β-amino-alcohol motifs (C(OH)–C–C–N with tert-alkyl or cyclic N) is 1. The molecule has 3 N–H and O–H groups in total. The van der Waals surface area contributed by atoms with Gasteiger partial charge in [0.1, 0.15) is 0 Å². The third-order valence-electron chi connectivity index (χ3n) is 4.17. The quantitative estimate of drug-likeness (QED) is 0.736.